The number of carbonyl (C=O) groups excluding carboxylic acids is 1. The number of furan rings is 1. The van der Waals surface area contributed by atoms with Gasteiger partial charge in [0.05, 0.1) is 25.7 Å². The second-order valence-electron chi connectivity index (χ2n) is 7.69. The smallest absolute Gasteiger partial charge is 0.237 e. The number of carbonyl (C=O) groups is 1. The number of nitrogens with zero attached hydrogens (tertiary/aromatic N) is 4. The standard InChI is InChI=1S/C25H26N4O3S/c1-18(2)29(20-10-5-4-6-11-20)23(30)17-33-25-27-26-24(19-9-7-12-21(15-19)31-3)28(25)16-22-13-8-14-32-22/h4-15,18H,16-17H2,1-3H3. The van der Waals surface area contributed by atoms with Crippen LogP contribution in [0, 0.1) is 0 Å². The van der Waals surface area contributed by atoms with Gasteiger partial charge in [0.25, 0.3) is 0 Å². The predicted molar refractivity (Wildman–Crippen MR) is 130 cm³/mol. The van der Waals surface area contributed by atoms with Crippen molar-refractivity contribution in [1.82, 2.24) is 14.8 Å². The Bertz CT molecular complexity index is 1190. The molecule has 2 aromatic heterocycles. The summed E-state index contributed by atoms with van der Waals surface area (Å²) in [6.45, 7) is 4.47. The summed E-state index contributed by atoms with van der Waals surface area (Å²) in [5.41, 5.74) is 1.76. The van der Waals surface area contributed by atoms with Crippen LogP contribution in [0.3, 0.4) is 0 Å². The maximum atomic E-state index is 13.2. The van der Waals surface area contributed by atoms with E-state index in [2.05, 4.69) is 10.2 Å². The molecule has 0 atom stereocenters. The third kappa shape index (κ3) is 5.28. The number of rotatable bonds is 9. The number of anilines is 1. The van der Waals surface area contributed by atoms with E-state index in [1.807, 2.05) is 90.0 Å². The molecule has 0 saturated carbocycles. The molecule has 8 heteroatoms. The van der Waals surface area contributed by atoms with Crippen molar-refractivity contribution in [3.8, 4) is 17.1 Å². The first kappa shape index (κ1) is 22.7. The summed E-state index contributed by atoms with van der Waals surface area (Å²) in [5.74, 6) is 2.45. The van der Waals surface area contributed by atoms with E-state index in [4.69, 9.17) is 9.15 Å². The van der Waals surface area contributed by atoms with Gasteiger partial charge in [-0.15, -0.1) is 10.2 Å². The lowest BCUT2D eigenvalue weighted by atomic mass is 10.2. The van der Waals surface area contributed by atoms with E-state index in [0.717, 1.165) is 22.8 Å². The van der Waals surface area contributed by atoms with E-state index in [1.54, 1.807) is 13.4 Å². The summed E-state index contributed by atoms with van der Waals surface area (Å²) >= 11 is 1.37. The van der Waals surface area contributed by atoms with Crippen molar-refractivity contribution in [2.75, 3.05) is 17.8 Å². The molecule has 170 valence electrons. The predicted octanol–water partition coefficient (Wildman–Crippen LogP) is 5.13. The van der Waals surface area contributed by atoms with Gasteiger partial charge in [0, 0.05) is 17.3 Å². The summed E-state index contributed by atoms with van der Waals surface area (Å²) in [5, 5.41) is 9.48. The molecular formula is C25H26N4O3S. The minimum atomic E-state index is 0.0108. The fraction of sp³-hybridized carbons (Fsp3) is 0.240. The lowest BCUT2D eigenvalue weighted by molar-refractivity contribution is -0.116. The number of amides is 1. The number of benzene rings is 2. The maximum Gasteiger partial charge on any atom is 0.237 e. The Morgan fingerprint density at radius 3 is 2.61 bits per heavy atom. The molecule has 4 aromatic rings. The van der Waals surface area contributed by atoms with Gasteiger partial charge in [0.2, 0.25) is 5.91 Å². The van der Waals surface area contributed by atoms with Crippen LogP contribution >= 0.6 is 11.8 Å². The van der Waals surface area contributed by atoms with Gasteiger partial charge in [-0.2, -0.15) is 0 Å². The van der Waals surface area contributed by atoms with Gasteiger partial charge in [0.1, 0.15) is 11.5 Å². The van der Waals surface area contributed by atoms with Gasteiger partial charge in [-0.25, -0.2) is 0 Å². The van der Waals surface area contributed by atoms with E-state index in [-0.39, 0.29) is 17.7 Å². The van der Waals surface area contributed by atoms with E-state index >= 15 is 0 Å². The highest BCUT2D eigenvalue weighted by atomic mass is 32.2. The van der Waals surface area contributed by atoms with Crippen LogP contribution in [0.25, 0.3) is 11.4 Å². The summed E-state index contributed by atoms with van der Waals surface area (Å²) in [7, 11) is 1.63. The minimum Gasteiger partial charge on any atom is -0.497 e. The van der Waals surface area contributed by atoms with Gasteiger partial charge in [-0.1, -0.05) is 42.1 Å². The van der Waals surface area contributed by atoms with Gasteiger partial charge in [0.15, 0.2) is 11.0 Å². The third-order valence-corrected chi connectivity index (χ3v) is 6.03. The van der Waals surface area contributed by atoms with Crippen LogP contribution in [0.2, 0.25) is 0 Å². The first-order valence-corrected chi connectivity index (χ1v) is 11.6. The van der Waals surface area contributed by atoms with Crippen molar-refractivity contribution >= 4 is 23.4 Å². The number of methoxy groups -OCH3 is 1. The Labute approximate surface area is 197 Å². The molecule has 0 aliphatic heterocycles. The summed E-state index contributed by atoms with van der Waals surface area (Å²) in [6, 6.07) is 21.2. The van der Waals surface area contributed by atoms with Crippen molar-refractivity contribution in [2.24, 2.45) is 0 Å². The Morgan fingerprint density at radius 2 is 1.91 bits per heavy atom. The zero-order valence-electron chi connectivity index (χ0n) is 18.8. The first-order valence-electron chi connectivity index (χ1n) is 10.7. The molecule has 0 aliphatic rings. The van der Waals surface area contributed by atoms with Crippen molar-refractivity contribution in [2.45, 2.75) is 31.6 Å². The van der Waals surface area contributed by atoms with Crippen molar-refractivity contribution in [3.63, 3.8) is 0 Å². The fourth-order valence-electron chi connectivity index (χ4n) is 3.59. The monoisotopic (exact) mass is 462 g/mol. The van der Waals surface area contributed by atoms with Crippen LogP contribution in [0.5, 0.6) is 5.75 Å². The Hall–Kier alpha value is -3.52. The highest BCUT2D eigenvalue weighted by Gasteiger charge is 2.22. The van der Waals surface area contributed by atoms with Gasteiger partial charge in [-0.05, 0) is 50.2 Å². The topological polar surface area (TPSA) is 73.4 Å². The molecule has 0 aliphatic carbocycles. The number of hydrogen-bond donors (Lipinski definition) is 0. The van der Waals surface area contributed by atoms with Crippen molar-refractivity contribution in [3.05, 3.63) is 78.8 Å². The summed E-state index contributed by atoms with van der Waals surface area (Å²) in [6.07, 6.45) is 1.64. The highest BCUT2D eigenvalue weighted by molar-refractivity contribution is 7.99. The molecule has 0 spiro atoms. The highest BCUT2D eigenvalue weighted by Crippen LogP contribution is 2.28. The van der Waals surface area contributed by atoms with E-state index in [1.165, 1.54) is 11.8 Å². The maximum absolute atomic E-state index is 13.2. The Balaban J connectivity index is 1.60. The molecule has 1 amide bonds. The molecule has 0 N–H and O–H groups in total. The van der Waals surface area contributed by atoms with Gasteiger partial charge >= 0.3 is 0 Å². The van der Waals surface area contributed by atoms with E-state index < -0.39 is 0 Å². The first-order chi connectivity index (χ1) is 16.1. The number of aromatic nitrogens is 3. The summed E-state index contributed by atoms with van der Waals surface area (Å²) < 4.78 is 12.9. The van der Waals surface area contributed by atoms with Crippen LogP contribution in [0.15, 0.2) is 82.6 Å². The quantitative estimate of drug-likeness (QED) is 0.321. The second kappa shape index (κ2) is 10.4. The van der Waals surface area contributed by atoms with Gasteiger partial charge < -0.3 is 14.1 Å². The zero-order chi connectivity index (χ0) is 23.2. The third-order valence-electron chi connectivity index (χ3n) is 5.08. The number of ether oxygens (including phenoxy) is 1. The number of para-hydroxylation sites is 1. The van der Waals surface area contributed by atoms with Gasteiger partial charge in [-0.3, -0.25) is 9.36 Å². The average molecular weight is 463 g/mol. The molecule has 7 nitrogen and oxygen atoms in total. The van der Waals surface area contributed by atoms with Crippen molar-refractivity contribution in [1.29, 1.82) is 0 Å². The second-order valence-corrected chi connectivity index (χ2v) is 8.63. The molecule has 0 unspecified atom stereocenters. The molecule has 2 heterocycles. The van der Waals surface area contributed by atoms with Crippen LogP contribution in [0.4, 0.5) is 5.69 Å². The van der Waals surface area contributed by atoms with Crippen LogP contribution in [0.1, 0.15) is 19.6 Å². The average Bonchev–Trinajstić information content (AvgIpc) is 3.49. The van der Waals surface area contributed by atoms with Crippen LogP contribution in [-0.2, 0) is 11.3 Å². The Morgan fingerprint density at radius 1 is 1.09 bits per heavy atom. The van der Waals surface area contributed by atoms with Crippen molar-refractivity contribution < 1.29 is 13.9 Å². The molecule has 0 saturated heterocycles. The number of thioether (sulfide) groups is 1. The molecule has 33 heavy (non-hydrogen) atoms. The molecular weight excluding hydrogens is 436 g/mol. The zero-order valence-corrected chi connectivity index (χ0v) is 19.7. The SMILES string of the molecule is COc1cccc(-c2nnc(SCC(=O)N(c3ccccc3)C(C)C)n2Cc2ccco2)c1. The number of hydrogen-bond acceptors (Lipinski definition) is 6. The fourth-order valence-corrected chi connectivity index (χ4v) is 4.38. The molecule has 0 bridgehead atoms. The molecule has 0 radical (unpaired) electrons. The molecule has 2 aromatic carbocycles. The van der Waals surface area contributed by atoms with Crippen LogP contribution in [-0.4, -0.2) is 39.6 Å². The van der Waals surface area contributed by atoms with E-state index in [0.29, 0.717) is 17.5 Å². The van der Waals surface area contributed by atoms with E-state index in [9.17, 15) is 4.79 Å². The minimum absolute atomic E-state index is 0.0108. The Kier molecular flexibility index (Phi) is 7.14. The lowest BCUT2D eigenvalue weighted by Gasteiger charge is -2.26. The molecule has 0 fully saturated rings. The van der Waals surface area contributed by atoms with Crippen LogP contribution < -0.4 is 9.64 Å². The lowest BCUT2D eigenvalue weighted by Crippen LogP contribution is -2.38. The molecule has 4 rings (SSSR count). The summed E-state index contributed by atoms with van der Waals surface area (Å²) in [4.78, 5) is 15.0. The largest absolute Gasteiger partial charge is 0.497 e. The normalized spacial score (nSPS) is 11.0.